The molecule has 1 aliphatic rings. The van der Waals surface area contributed by atoms with E-state index in [2.05, 4.69) is 10.2 Å². The molecule has 198 valence electrons. The summed E-state index contributed by atoms with van der Waals surface area (Å²) in [6.07, 6.45) is -3.67. The molecule has 0 bridgehead atoms. The van der Waals surface area contributed by atoms with Gasteiger partial charge in [-0.05, 0) is 64.6 Å². The fourth-order valence-corrected chi connectivity index (χ4v) is 4.82. The van der Waals surface area contributed by atoms with E-state index in [4.69, 9.17) is 0 Å². The monoisotopic (exact) mass is 531 g/mol. The van der Waals surface area contributed by atoms with Gasteiger partial charge in [0.2, 0.25) is 0 Å². The molecule has 0 fully saturated rings. The summed E-state index contributed by atoms with van der Waals surface area (Å²) in [6.45, 7) is 2.05. The van der Waals surface area contributed by atoms with Crippen LogP contribution in [0.25, 0.3) is 11.1 Å². The van der Waals surface area contributed by atoms with Gasteiger partial charge in [0.05, 0.1) is 10.5 Å². The van der Waals surface area contributed by atoms with E-state index >= 15 is 0 Å². The first-order chi connectivity index (χ1) is 18.7. The van der Waals surface area contributed by atoms with E-state index in [0.717, 1.165) is 41.8 Å². The van der Waals surface area contributed by atoms with Crippen molar-refractivity contribution < 1.29 is 22.9 Å². The van der Waals surface area contributed by atoms with E-state index in [-0.39, 0.29) is 11.6 Å². The number of anilines is 1. The van der Waals surface area contributed by atoms with E-state index in [1.54, 1.807) is 36.4 Å². The molecule has 1 amide bonds. The molecule has 0 spiro atoms. The first kappa shape index (κ1) is 26.1. The zero-order chi connectivity index (χ0) is 27.6. The van der Waals surface area contributed by atoms with Crippen LogP contribution < -0.4 is 5.32 Å². The Kier molecular flexibility index (Phi) is 7.17. The van der Waals surface area contributed by atoms with Gasteiger partial charge in [0.1, 0.15) is 0 Å². The highest BCUT2D eigenvalue weighted by molar-refractivity contribution is 6.08. The van der Waals surface area contributed by atoms with Crippen LogP contribution in [-0.2, 0) is 25.7 Å². The highest BCUT2D eigenvalue weighted by Gasteiger charge is 2.30. The molecule has 0 atom stereocenters. The van der Waals surface area contributed by atoms with Crippen LogP contribution in [0.1, 0.15) is 32.6 Å². The normalized spacial score (nSPS) is 13.5. The summed E-state index contributed by atoms with van der Waals surface area (Å²) in [5.41, 5.74) is 4.49. The van der Waals surface area contributed by atoms with E-state index in [9.17, 15) is 28.1 Å². The van der Waals surface area contributed by atoms with Gasteiger partial charge in [0.15, 0.2) is 0 Å². The number of non-ortho nitro benzene ring substituents is 1. The number of nitro groups is 1. The Labute approximate surface area is 222 Å². The Balaban J connectivity index is 1.28. The predicted molar refractivity (Wildman–Crippen MR) is 142 cm³/mol. The SMILES string of the molecule is O=C(Nc1ccc2c(c1)CCN(Cc1cccc([N+](=O)[O-])c1)C2)c1ccccc1-c1ccc(C(F)(F)F)cc1. The van der Waals surface area contributed by atoms with Crippen molar-refractivity contribution in [3.8, 4) is 11.1 Å². The van der Waals surface area contributed by atoms with Crippen molar-refractivity contribution in [2.75, 3.05) is 11.9 Å². The Morgan fingerprint density at radius 1 is 0.923 bits per heavy atom. The molecule has 0 saturated carbocycles. The fraction of sp³-hybridized carbons (Fsp3) is 0.167. The standard InChI is InChI=1S/C30H24F3N3O3/c31-30(32,33)24-11-8-21(9-12-24)27-6-1-2-7-28(27)29(37)34-25-13-10-23-19-35(15-14-22(23)17-25)18-20-4-3-5-26(16-20)36(38)39/h1-13,16-17H,14-15,18-19H2,(H,34,37). The minimum atomic E-state index is -4.43. The zero-order valence-electron chi connectivity index (χ0n) is 20.7. The van der Waals surface area contributed by atoms with Gasteiger partial charge in [0, 0.05) is 43.0 Å². The molecule has 1 aliphatic heterocycles. The summed E-state index contributed by atoms with van der Waals surface area (Å²) in [5.74, 6) is -0.353. The van der Waals surface area contributed by atoms with Crippen molar-refractivity contribution in [1.82, 2.24) is 4.90 Å². The van der Waals surface area contributed by atoms with Gasteiger partial charge < -0.3 is 5.32 Å². The average Bonchev–Trinajstić information content (AvgIpc) is 2.93. The fourth-order valence-electron chi connectivity index (χ4n) is 4.82. The van der Waals surface area contributed by atoms with Gasteiger partial charge >= 0.3 is 6.18 Å². The quantitative estimate of drug-likeness (QED) is 0.213. The van der Waals surface area contributed by atoms with Gasteiger partial charge in [-0.15, -0.1) is 0 Å². The molecule has 5 rings (SSSR count). The summed E-state index contributed by atoms with van der Waals surface area (Å²) < 4.78 is 38.9. The molecular formula is C30H24F3N3O3. The minimum Gasteiger partial charge on any atom is -0.322 e. The van der Waals surface area contributed by atoms with Crippen LogP contribution in [-0.4, -0.2) is 22.3 Å². The lowest BCUT2D eigenvalue weighted by atomic mass is 9.97. The van der Waals surface area contributed by atoms with Gasteiger partial charge in [-0.25, -0.2) is 0 Å². The molecule has 4 aromatic rings. The van der Waals surface area contributed by atoms with Gasteiger partial charge in [-0.2, -0.15) is 13.2 Å². The number of nitrogens with one attached hydrogen (secondary N) is 1. The average molecular weight is 532 g/mol. The van der Waals surface area contributed by atoms with Crippen LogP contribution >= 0.6 is 0 Å². The van der Waals surface area contributed by atoms with E-state index in [1.165, 1.54) is 18.2 Å². The second-order valence-electron chi connectivity index (χ2n) is 9.45. The van der Waals surface area contributed by atoms with Crippen LogP contribution in [0.5, 0.6) is 0 Å². The number of carbonyl (C=O) groups excluding carboxylic acids is 1. The molecule has 0 aliphatic carbocycles. The maximum absolute atomic E-state index is 13.2. The first-order valence-electron chi connectivity index (χ1n) is 12.3. The van der Waals surface area contributed by atoms with Crippen LogP contribution in [0.4, 0.5) is 24.5 Å². The molecule has 0 unspecified atom stereocenters. The second-order valence-corrected chi connectivity index (χ2v) is 9.45. The van der Waals surface area contributed by atoms with Crippen LogP contribution in [0.2, 0.25) is 0 Å². The molecule has 9 heteroatoms. The first-order valence-corrected chi connectivity index (χ1v) is 12.3. The van der Waals surface area contributed by atoms with E-state index < -0.39 is 16.7 Å². The number of hydrogen-bond donors (Lipinski definition) is 1. The lowest BCUT2D eigenvalue weighted by Crippen LogP contribution is -2.30. The van der Waals surface area contributed by atoms with Crippen molar-refractivity contribution in [3.63, 3.8) is 0 Å². The van der Waals surface area contributed by atoms with Crippen molar-refractivity contribution >= 4 is 17.3 Å². The number of nitrogens with zero attached hydrogens (tertiary/aromatic N) is 2. The van der Waals surface area contributed by atoms with Crippen LogP contribution in [0.15, 0.2) is 91.0 Å². The lowest BCUT2D eigenvalue weighted by Gasteiger charge is -2.29. The van der Waals surface area contributed by atoms with Crippen LogP contribution in [0.3, 0.4) is 0 Å². The molecule has 0 saturated heterocycles. The highest BCUT2D eigenvalue weighted by Crippen LogP contribution is 2.32. The molecule has 6 nitrogen and oxygen atoms in total. The Hall–Kier alpha value is -4.50. The molecule has 0 aromatic heterocycles. The Morgan fingerprint density at radius 3 is 2.44 bits per heavy atom. The maximum atomic E-state index is 13.2. The molecule has 1 N–H and O–H groups in total. The number of rotatable bonds is 6. The number of halogens is 3. The summed E-state index contributed by atoms with van der Waals surface area (Å²) in [7, 11) is 0. The molecule has 0 radical (unpaired) electrons. The second kappa shape index (κ2) is 10.7. The minimum absolute atomic E-state index is 0.0742. The number of amides is 1. The smallest absolute Gasteiger partial charge is 0.322 e. The summed E-state index contributed by atoms with van der Waals surface area (Å²) in [6, 6.07) is 23.9. The third-order valence-corrected chi connectivity index (χ3v) is 6.78. The summed E-state index contributed by atoms with van der Waals surface area (Å²) >= 11 is 0. The van der Waals surface area contributed by atoms with Crippen molar-refractivity contribution in [2.24, 2.45) is 0 Å². The van der Waals surface area contributed by atoms with Crippen molar-refractivity contribution in [2.45, 2.75) is 25.7 Å². The molecule has 39 heavy (non-hydrogen) atoms. The van der Waals surface area contributed by atoms with Gasteiger partial charge in [-0.1, -0.05) is 48.5 Å². The number of benzene rings is 4. The Bertz CT molecular complexity index is 1530. The third kappa shape index (κ3) is 5.99. The van der Waals surface area contributed by atoms with Crippen molar-refractivity contribution in [1.29, 1.82) is 0 Å². The van der Waals surface area contributed by atoms with E-state index in [0.29, 0.717) is 35.5 Å². The predicted octanol–water partition coefficient (Wildman–Crippen LogP) is 7.09. The lowest BCUT2D eigenvalue weighted by molar-refractivity contribution is -0.384. The zero-order valence-corrected chi connectivity index (χ0v) is 20.7. The van der Waals surface area contributed by atoms with Crippen LogP contribution in [0, 0.1) is 10.1 Å². The number of nitro benzene ring substituents is 1. The number of carbonyl (C=O) groups is 1. The topological polar surface area (TPSA) is 75.5 Å². The third-order valence-electron chi connectivity index (χ3n) is 6.78. The molecular weight excluding hydrogens is 507 g/mol. The maximum Gasteiger partial charge on any atom is 0.416 e. The van der Waals surface area contributed by atoms with Gasteiger partial charge in [0.25, 0.3) is 11.6 Å². The summed E-state index contributed by atoms with van der Waals surface area (Å²) in [4.78, 5) is 26.1. The highest BCUT2D eigenvalue weighted by atomic mass is 19.4. The number of hydrogen-bond acceptors (Lipinski definition) is 4. The largest absolute Gasteiger partial charge is 0.416 e. The van der Waals surface area contributed by atoms with Crippen molar-refractivity contribution in [3.05, 3.63) is 129 Å². The molecule has 1 heterocycles. The number of alkyl halides is 3. The van der Waals surface area contributed by atoms with Gasteiger partial charge in [-0.3, -0.25) is 19.8 Å². The Morgan fingerprint density at radius 2 is 1.69 bits per heavy atom. The number of fused-ring (bicyclic) bond motifs is 1. The summed E-state index contributed by atoms with van der Waals surface area (Å²) in [5, 5.41) is 14.0. The van der Waals surface area contributed by atoms with E-state index in [1.807, 2.05) is 24.3 Å². The molecule has 4 aromatic carbocycles.